The monoisotopic (exact) mass is 434 g/mol. The van der Waals surface area contributed by atoms with Gasteiger partial charge in [-0.2, -0.15) is 8.42 Å². The van der Waals surface area contributed by atoms with Crippen LogP contribution in [0.25, 0.3) is 10.9 Å². The van der Waals surface area contributed by atoms with Crippen molar-refractivity contribution < 1.29 is 17.4 Å². The molecule has 29 heavy (non-hydrogen) atoms. The molecule has 1 aromatic heterocycles. The maximum Gasteiger partial charge on any atom is 0.306 e. The van der Waals surface area contributed by atoms with Gasteiger partial charge in [0.15, 0.2) is 5.75 Å². The summed E-state index contributed by atoms with van der Waals surface area (Å²) < 4.78 is 30.3. The summed E-state index contributed by atoms with van der Waals surface area (Å²) in [4.78, 5) is 27.9. The van der Waals surface area contributed by atoms with E-state index >= 15 is 0 Å². The number of amides is 1. The van der Waals surface area contributed by atoms with Crippen LogP contribution in [0.5, 0.6) is 5.75 Å². The molecule has 0 aliphatic rings. The molecule has 0 unspecified atom stereocenters. The largest absolute Gasteiger partial charge is 0.381 e. The molecule has 0 atom stereocenters. The van der Waals surface area contributed by atoms with Gasteiger partial charge < -0.3 is 13.7 Å². The van der Waals surface area contributed by atoms with E-state index in [9.17, 15) is 18.0 Å². The maximum atomic E-state index is 13.4. The molecule has 1 amide bonds. The lowest BCUT2D eigenvalue weighted by Crippen LogP contribution is -2.37. The van der Waals surface area contributed by atoms with Gasteiger partial charge in [0.1, 0.15) is 5.56 Å². The van der Waals surface area contributed by atoms with Gasteiger partial charge in [0, 0.05) is 19.3 Å². The van der Waals surface area contributed by atoms with Gasteiger partial charge in [-0.25, -0.2) is 0 Å². The number of carbonyl (C=O) groups excluding carboxylic acids is 1. The van der Waals surface area contributed by atoms with Crippen LogP contribution in [0.1, 0.15) is 17.3 Å². The van der Waals surface area contributed by atoms with E-state index < -0.39 is 27.1 Å². The van der Waals surface area contributed by atoms with Crippen molar-refractivity contribution in [3.8, 4) is 5.75 Å². The van der Waals surface area contributed by atoms with Gasteiger partial charge in [-0.1, -0.05) is 35.9 Å². The Labute approximate surface area is 173 Å². The van der Waals surface area contributed by atoms with Crippen LogP contribution in [0.2, 0.25) is 5.02 Å². The molecular weight excluding hydrogens is 416 g/mol. The van der Waals surface area contributed by atoms with Gasteiger partial charge in [-0.15, -0.1) is 0 Å². The lowest BCUT2D eigenvalue weighted by atomic mass is 10.1. The summed E-state index contributed by atoms with van der Waals surface area (Å²) in [7, 11) is -2.56. The summed E-state index contributed by atoms with van der Waals surface area (Å²) in [5.41, 5.74) is -0.172. The van der Waals surface area contributed by atoms with Gasteiger partial charge in [0.2, 0.25) is 0 Å². The topological polar surface area (TPSA) is 85.7 Å². The second-order valence-electron chi connectivity index (χ2n) is 6.37. The number of hydrogen-bond donors (Lipinski definition) is 0. The van der Waals surface area contributed by atoms with Crippen LogP contribution in [0, 0.1) is 0 Å². The molecule has 1 heterocycles. The van der Waals surface area contributed by atoms with E-state index in [0.717, 1.165) is 6.26 Å². The number of pyridine rings is 1. The number of fused-ring (bicyclic) bond motifs is 1. The molecule has 0 saturated heterocycles. The Morgan fingerprint density at radius 1 is 1.14 bits per heavy atom. The van der Waals surface area contributed by atoms with Crippen LogP contribution >= 0.6 is 11.6 Å². The Kier molecular flexibility index (Phi) is 5.68. The normalized spacial score (nSPS) is 11.4. The Morgan fingerprint density at radius 2 is 1.79 bits per heavy atom. The molecule has 0 radical (unpaired) electrons. The van der Waals surface area contributed by atoms with Crippen LogP contribution < -0.4 is 14.6 Å². The van der Waals surface area contributed by atoms with Gasteiger partial charge in [0.25, 0.3) is 11.5 Å². The van der Waals surface area contributed by atoms with E-state index in [1.54, 1.807) is 49.4 Å². The molecule has 0 aliphatic carbocycles. The van der Waals surface area contributed by atoms with E-state index in [4.69, 9.17) is 15.8 Å². The Bertz CT molecular complexity index is 1250. The zero-order chi connectivity index (χ0) is 21.3. The maximum absolute atomic E-state index is 13.4. The number of hydrogen-bond acceptors (Lipinski definition) is 5. The summed E-state index contributed by atoms with van der Waals surface area (Å²) in [6.45, 7) is 2.01. The number of aromatic nitrogens is 1. The lowest BCUT2D eigenvalue weighted by Gasteiger charge is -2.23. The zero-order valence-corrected chi connectivity index (χ0v) is 17.6. The van der Waals surface area contributed by atoms with Crippen molar-refractivity contribution in [3.05, 3.63) is 69.5 Å². The summed E-state index contributed by atoms with van der Waals surface area (Å²) in [6, 6.07) is 13.5. The Morgan fingerprint density at radius 3 is 2.38 bits per heavy atom. The minimum atomic E-state index is -4.05. The second kappa shape index (κ2) is 7.88. The number of anilines is 1. The molecule has 3 rings (SSSR count). The molecule has 7 nitrogen and oxygen atoms in total. The van der Waals surface area contributed by atoms with Crippen molar-refractivity contribution in [1.82, 2.24) is 4.57 Å². The number of carbonyl (C=O) groups is 1. The van der Waals surface area contributed by atoms with Crippen molar-refractivity contribution in [2.24, 2.45) is 7.05 Å². The van der Waals surface area contributed by atoms with Gasteiger partial charge >= 0.3 is 10.1 Å². The number of benzene rings is 2. The summed E-state index contributed by atoms with van der Waals surface area (Å²) in [6.07, 6.45) is 0.843. The highest BCUT2D eigenvalue weighted by atomic mass is 35.5. The zero-order valence-electron chi connectivity index (χ0n) is 16.0. The Balaban J connectivity index is 2.38. The van der Waals surface area contributed by atoms with Crippen molar-refractivity contribution in [2.75, 3.05) is 17.7 Å². The third-order valence-corrected chi connectivity index (χ3v) is 5.19. The number of para-hydroxylation sites is 1. The van der Waals surface area contributed by atoms with E-state index in [2.05, 4.69) is 0 Å². The van der Waals surface area contributed by atoms with E-state index in [0.29, 0.717) is 11.2 Å². The molecular formula is C20H19ClN2O5S. The molecule has 0 saturated carbocycles. The van der Waals surface area contributed by atoms with Crippen LogP contribution in [0.15, 0.2) is 53.3 Å². The first-order valence-electron chi connectivity index (χ1n) is 8.73. The van der Waals surface area contributed by atoms with Crippen LogP contribution in [-0.4, -0.2) is 31.7 Å². The van der Waals surface area contributed by atoms with Gasteiger partial charge in [-0.05, 0) is 31.2 Å². The highest BCUT2D eigenvalue weighted by molar-refractivity contribution is 7.86. The highest BCUT2D eigenvalue weighted by Gasteiger charge is 2.29. The van der Waals surface area contributed by atoms with Gasteiger partial charge in [0.05, 0.1) is 22.2 Å². The average molecular weight is 435 g/mol. The number of rotatable bonds is 5. The SMILES string of the molecule is CCN(C(=O)c1c(OS(C)(=O)=O)c2c(Cl)cccc2n(C)c1=O)c1ccccc1. The van der Waals surface area contributed by atoms with Crippen LogP contribution in [0.4, 0.5) is 5.69 Å². The summed E-state index contributed by atoms with van der Waals surface area (Å²) >= 11 is 6.31. The third kappa shape index (κ3) is 3.99. The van der Waals surface area contributed by atoms with Gasteiger partial charge in [-0.3, -0.25) is 9.59 Å². The Hall–Kier alpha value is -2.84. The summed E-state index contributed by atoms with van der Waals surface area (Å²) in [5.74, 6) is -1.05. The number of aryl methyl sites for hydroxylation is 1. The number of halogens is 1. The van der Waals surface area contributed by atoms with Crippen LogP contribution in [0.3, 0.4) is 0 Å². The quantitative estimate of drug-likeness (QED) is 0.575. The number of nitrogens with zero attached hydrogens (tertiary/aromatic N) is 2. The van der Waals surface area contributed by atoms with E-state index in [1.165, 1.54) is 22.6 Å². The first kappa shape index (κ1) is 20.9. The van der Waals surface area contributed by atoms with Crippen LogP contribution in [-0.2, 0) is 17.2 Å². The molecule has 152 valence electrons. The molecule has 9 heteroatoms. The standard InChI is InChI=1S/C20H19ClN2O5S/c1-4-23(13-9-6-5-7-10-13)20(25)17-18(28-29(3,26)27)16-14(21)11-8-12-15(16)22(2)19(17)24/h5-12H,4H2,1-3H3. The molecule has 0 bridgehead atoms. The minimum Gasteiger partial charge on any atom is -0.381 e. The minimum absolute atomic E-state index is 0.161. The van der Waals surface area contributed by atoms with Crippen molar-refractivity contribution >= 4 is 44.2 Å². The predicted octanol–water partition coefficient (Wildman–Crippen LogP) is 3.20. The average Bonchev–Trinajstić information content (AvgIpc) is 2.66. The van der Waals surface area contributed by atoms with E-state index in [1.807, 2.05) is 0 Å². The smallest absolute Gasteiger partial charge is 0.306 e. The van der Waals surface area contributed by atoms with E-state index in [-0.39, 0.29) is 22.7 Å². The van der Waals surface area contributed by atoms with Crippen molar-refractivity contribution in [1.29, 1.82) is 0 Å². The van der Waals surface area contributed by atoms with Crippen molar-refractivity contribution in [3.63, 3.8) is 0 Å². The molecule has 3 aromatic rings. The molecule has 0 spiro atoms. The predicted molar refractivity (Wildman–Crippen MR) is 113 cm³/mol. The fourth-order valence-corrected chi connectivity index (χ4v) is 3.85. The molecule has 0 N–H and O–H groups in total. The fourth-order valence-electron chi connectivity index (χ4n) is 3.13. The first-order valence-corrected chi connectivity index (χ1v) is 10.9. The first-order chi connectivity index (χ1) is 13.7. The summed E-state index contributed by atoms with van der Waals surface area (Å²) in [5, 5.41) is 0.336. The second-order valence-corrected chi connectivity index (χ2v) is 8.36. The van der Waals surface area contributed by atoms with Crippen molar-refractivity contribution in [2.45, 2.75) is 6.92 Å². The highest BCUT2D eigenvalue weighted by Crippen LogP contribution is 2.35. The fraction of sp³-hybridized carbons (Fsp3) is 0.200. The lowest BCUT2D eigenvalue weighted by molar-refractivity contribution is 0.0985. The third-order valence-electron chi connectivity index (χ3n) is 4.40. The molecule has 2 aromatic carbocycles. The molecule has 0 fully saturated rings. The molecule has 0 aliphatic heterocycles.